The summed E-state index contributed by atoms with van der Waals surface area (Å²) >= 11 is 3.65. The van der Waals surface area contributed by atoms with Crippen molar-refractivity contribution in [3.05, 3.63) is 28.2 Å². The van der Waals surface area contributed by atoms with Crippen LogP contribution in [0.1, 0.15) is 32.3 Å². The molecule has 1 aromatic carbocycles. The predicted molar refractivity (Wildman–Crippen MR) is 87.3 cm³/mol. The van der Waals surface area contributed by atoms with Crippen LogP contribution in [-0.4, -0.2) is 37.2 Å². The van der Waals surface area contributed by atoms with Gasteiger partial charge in [-0.15, -0.1) is 0 Å². The smallest absolute Gasteiger partial charge is 0.119 e. The summed E-state index contributed by atoms with van der Waals surface area (Å²) in [6.45, 7) is 8.90. The second-order valence-corrected chi connectivity index (χ2v) is 6.72. The van der Waals surface area contributed by atoms with Gasteiger partial charge in [-0.1, -0.05) is 22.9 Å². The van der Waals surface area contributed by atoms with Gasteiger partial charge in [0.1, 0.15) is 5.75 Å². The molecule has 1 aromatic rings. The molecular weight excluding hydrogens is 316 g/mol. The lowest BCUT2D eigenvalue weighted by atomic mass is 9.98. The van der Waals surface area contributed by atoms with Gasteiger partial charge in [-0.25, -0.2) is 0 Å². The van der Waals surface area contributed by atoms with E-state index in [0.717, 1.165) is 42.8 Å². The minimum atomic E-state index is 0.224. The average Bonchev–Trinajstić information content (AvgIpc) is 2.64. The van der Waals surface area contributed by atoms with Crippen molar-refractivity contribution in [2.75, 3.05) is 26.7 Å². The summed E-state index contributed by atoms with van der Waals surface area (Å²) in [5.74, 6) is 0.925. The third-order valence-electron chi connectivity index (χ3n) is 4.20. The molecule has 2 rings (SSSR count). The first kappa shape index (κ1) is 15.8. The number of rotatable bonds is 4. The molecule has 1 aliphatic rings. The van der Waals surface area contributed by atoms with Gasteiger partial charge in [0.2, 0.25) is 0 Å². The summed E-state index contributed by atoms with van der Waals surface area (Å²) in [7, 11) is 1.72. The molecule has 0 bridgehead atoms. The van der Waals surface area contributed by atoms with Gasteiger partial charge < -0.3 is 10.1 Å². The van der Waals surface area contributed by atoms with E-state index in [1.54, 1.807) is 7.11 Å². The molecule has 0 saturated carbocycles. The molecule has 1 heterocycles. The van der Waals surface area contributed by atoms with Crippen molar-refractivity contribution in [2.24, 2.45) is 0 Å². The highest BCUT2D eigenvalue weighted by Crippen LogP contribution is 2.25. The van der Waals surface area contributed by atoms with Gasteiger partial charge in [0.25, 0.3) is 0 Å². The van der Waals surface area contributed by atoms with Crippen molar-refractivity contribution >= 4 is 15.9 Å². The third kappa shape index (κ3) is 3.96. The summed E-state index contributed by atoms with van der Waals surface area (Å²) in [4.78, 5) is 2.54. The average molecular weight is 341 g/mol. The highest BCUT2D eigenvalue weighted by molar-refractivity contribution is 9.10. The largest absolute Gasteiger partial charge is 0.497 e. The van der Waals surface area contributed by atoms with E-state index in [-0.39, 0.29) is 5.54 Å². The molecule has 4 heteroatoms. The minimum absolute atomic E-state index is 0.224. The number of ether oxygens (including phenoxy) is 1. The Balaban J connectivity index is 2.11. The maximum absolute atomic E-state index is 5.33. The van der Waals surface area contributed by atoms with Gasteiger partial charge in [-0.2, -0.15) is 0 Å². The highest BCUT2D eigenvalue weighted by Gasteiger charge is 2.27. The van der Waals surface area contributed by atoms with Gasteiger partial charge in [-0.05, 0) is 56.6 Å². The van der Waals surface area contributed by atoms with Crippen LogP contribution < -0.4 is 10.1 Å². The molecule has 0 aromatic heterocycles. The molecule has 1 atom stereocenters. The first-order valence-electron chi connectivity index (χ1n) is 7.36. The van der Waals surface area contributed by atoms with Crippen LogP contribution in [0.25, 0.3) is 0 Å². The molecule has 0 amide bonds. The second-order valence-electron chi connectivity index (χ2n) is 5.86. The van der Waals surface area contributed by atoms with Crippen LogP contribution in [0.5, 0.6) is 5.75 Å². The van der Waals surface area contributed by atoms with Crippen LogP contribution >= 0.6 is 15.9 Å². The summed E-state index contributed by atoms with van der Waals surface area (Å²) in [6.07, 6.45) is 2.36. The van der Waals surface area contributed by atoms with Crippen LogP contribution in [0.4, 0.5) is 0 Å². The quantitative estimate of drug-likeness (QED) is 0.908. The fraction of sp³-hybridized carbons (Fsp3) is 0.625. The molecule has 3 nitrogen and oxygen atoms in total. The Kier molecular flexibility index (Phi) is 5.47. The van der Waals surface area contributed by atoms with Crippen molar-refractivity contribution in [2.45, 2.75) is 38.8 Å². The molecule has 1 unspecified atom stereocenters. The Hall–Kier alpha value is -0.580. The van der Waals surface area contributed by atoms with Gasteiger partial charge in [-0.3, -0.25) is 4.90 Å². The van der Waals surface area contributed by atoms with E-state index in [4.69, 9.17) is 4.74 Å². The standard InChI is InChI=1S/C16H25BrN2O/c1-4-16(2)12-19(9-5-8-18-16)11-13-10-14(20-3)6-7-15(13)17/h6-7,10,18H,4-5,8-9,11-12H2,1-3H3. The van der Waals surface area contributed by atoms with Gasteiger partial charge in [0, 0.05) is 23.1 Å². The molecule has 1 saturated heterocycles. The van der Waals surface area contributed by atoms with Crippen LogP contribution in [0.2, 0.25) is 0 Å². The van der Waals surface area contributed by atoms with E-state index in [9.17, 15) is 0 Å². The summed E-state index contributed by atoms with van der Waals surface area (Å²) in [5.41, 5.74) is 1.52. The van der Waals surface area contributed by atoms with E-state index >= 15 is 0 Å². The van der Waals surface area contributed by atoms with E-state index in [0.29, 0.717) is 0 Å². The summed E-state index contributed by atoms with van der Waals surface area (Å²) in [5, 5.41) is 3.68. The van der Waals surface area contributed by atoms with Gasteiger partial charge in [0.15, 0.2) is 0 Å². The molecule has 1 N–H and O–H groups in total. The number of benzene rings is 1. The number of nitrogens with one attached hydrogen (secondary N) is 1. The van der Waals surface area contributed by atoms with Crippen molar-refractivity contribution in [1.29, 1.82) is 0 Å². The predicted octanol–water partition coefficient (Wildman–Crippen LogP) is 3.42. The maximum Gasteiger partial charge on any atom is 0.119 e. The Morgan fingerprint density at radius 2 is 2.25 bits per heavy atom. The highest BCUT2D eigenvalue weighted by atomic mass is 79.9. The van der Waals surface area contributed by atoms with E-state index in [1.165, 1.54) is 12.0 Å². The Morgan fingerprint density at radius 3 is 2.95 bits per heavy atom. The maximum atomic E-state index is 5.33. The molecule has 20 heavy (non-hydrogen) atoms. The zero-order valence-corrected chi connectivity index (χ0v) is 14.3. The zero-order valence-electron chi connectivity index (χ0n) is 12.7. The Bertz CT molecular complexity index is 452. The first-order chi connectivity index (χ1) is 9.56. The lowest BCUT2D eigenvalue weighted by Gasteiger charge is -2.33. The summed E-state index contributed by atoms with van der Waals surface area (Å²) < 4.78 is 6.49. The normalized spacial score (nSPS) is 24.4. The minimum Gasteiger partial charge on any atom is -0.497 e. The van der Waals surface area contributed by atoms with Crippen molar-refractivity contribution in [3.63, 3.8) is 0 Å². The van der Waals surface area contributed by atoms with Crippen LogP contribution in [-0.2, 0) is 6.54 Å². The molecule has 1 fully saturated rings. The lowest BCUT2D eigenvalue weighted by molar-refractivity contribution is 0.208. The Labute approximate surface area is 130 Å². The number of hydrogen-bond acceptors (Lipinski definition) is 3. The van der Waals surface area contributed by atoms with Gasteiger partial charge >= 0.3 is 0 Å². The zero-order chi connectivity index (χ0) is 14.6. The SMILES string of the molecule is CCC1(C)CN(Cc2cc(OC)ccc2Br)CCCN1. The topological polar surface area (TPSA) is 24.5 Å². The summed E-state index contributed by atoms with van der Waals surface area (Å²) in [6, 6.07) is 6.20. The number of nitrogens with zero attached hydrogens (tertiary/aromatic N) is 1. The fourth-order valence-electron chi connectivity index (χ4n) is 2.73. The van der Waals surface area contributed by atoms with Crippen molar-refractivity contribution in [3.8, 4) is 5.75 Å². The fourth-order valence-corrected chi connectivity index (χ4v) is 3.11. The number of methoxy groups -OCH3 is 1. The first-order valence-corrected chi connectivity index (χ1v) is 8.15. The molecule has 0 aliphatic carbocycles. The number of hydrogen-bond donors (Lipinski definition) is 1. The van der Waals surface area contributed by atoms with E-state index in [2.05, 4.69) is 52.1 Å². The lowest BCUT2D eigenvalue weighted by Crippen LogP contribution is -2.48. The molecule has 112 valence electrons. The molecule has 0 spiro atoms. The van der Waals surface area contributed by atoms with Crippen molar-refractivity contribution in [1.82, 2.24) is 10.2 Å². The van der Waals surface area contributed by atoms with E-state index < -0.39 is 0 Å². The van der Waals surface area contributed by atoms with E-state index in [1.807, 2.05) is 6.07 Å². The molecule has 0 radical (unpaired) electrons. The molecule has 1 aliphatic heterocycles. The number of halogens is 1. The van der Waals surface area contributed by atoms with Crippen LogP contribution in [0.3, 0.4) is 0 Å². The second kappa shape index (κ2) is 6.92. The Morgan fingerprint density at radius 1 is 1.45 bits per heavy atom. The third-order valence-corrected chi connectivity index (χ3v) is 4.98. The van der Waals surface area contributed by atoms with Crippen molar-refractivity contribution < 1.29 is 4.74 Å². The monoisotopic (exact) mass is 340 g/mol. The van der Waals surface area contributed by atoms with Crippen LogP contribution in [0.15, 0.2) is 22.7 Å². The van der Waals surface area contributed by atoms with Gasteiger partial charge in [0.05, 0.1) is 7.11 Å². The molecular formula is C16H25BrN2O. The van der Waals surface area contributed by atoms with Crippen LogP contribution in [0, 0.1) is 0 Å².